The molecule has 3 heterocycles. The zero-order valence-electron chi connectivity index (χ0n) is 17.1. The summed E-state index contributed by atoms with van der Waals surface area (Å²) in [6, 6.07) is 12.0. The summed E-state index contributed by atoms with van der Waals surface area (Å²) in [6.07, 6.45) is 1.55. The van der Waals surface area contributed by atoms with Crippen LogP contribution in [0.5, 0.6) is 0 Å². The minimum Gasteiger partial charge on any atom is -0.336 e. The van der Waals surface area contributed by atoms with Gasteiger partial charge < -0.3 is 10.2 Å². The van der Waals surface area contributed by atoms with Gasteiger partial charge >= 0.3 is 0 Å². The number of fused-ring (bicyclic) bond motifs is 2. The van der Waals surface area contributed by atoms with Gasteiger partial charge in [-0.2, -0.15) is 0 Å². The SMILES string of the molecule is Cl.O=C(c1cc2c(s1)CCNC2)N1CC[C@H](NS(=O)(=O)c2ccc3cc(Cl)ccc3c2)C1. The maximum atomic E-state index is 12.9. The summed E-state index contributed by atoms with van der Waals surface area (Å²) in [4.78, 5) is 16.9. The number of carbonyl (C=O) groups is 1. The van der Waals surface area contributed by atoms with Crippen molar-refractivity contribution in [2.24, 2.45) is 0 Å². The Labute approximate surface area is 202 Å². The summed E-state index contributed by atoms with van der Waals surface area (Å²) in [5.41, 5.74) is 1.20. The second-order valence-corrected chi connectivity index (χ2v) is 11.3. The minimum atomic E-state index is -3.69. The number of hydrogen-bond donors (Lipinski definition) is 2. The molecule has 1 amide bonds. The normalized spacial score (nSPS) is 18.4. The minimum absolute atomic E-state index is 0. The number of nitrogens with zero attached hydrogens (tertiary/aromatic N) is 1. The number of benzene rings is 2. The van der Waals surface area contributed by atoms with Crippen molar-refractivity contribution in [3.8, 4) is 0 Å². The van der Waals surface area contributed by atoms with Crippen LogP contribution in [0.15, 0.2) is 47.4 Å². The molecule has 0 saturated carbocycles. The van der Waals surface area contributed by atoms with Gasteiger partial charge in [0.1, 0.15) is 0 Å². The lowest BCUT2D eigenvalue weighted by Crippen LogP contribution is -2.38. The molecule has 6 nitrogen and oxygen atoms in total. The number of sulfonamides is 1. The van der Waals surface area contributed by atoms with Gasteiger partial charge in [-0.05, 0) is 59.5 Å². The summed E-state index contributed by atoms with van der Waals surface area (Å²) in [5.74, 6) is -0.0105. The molecule has 0 unspecified atom stereocenters. The van der Waals surface area contributed by atoms with Crippen LogP contribution in [0, 0.1) is 0 Å². The van der Waals surface area contributed by atoms with E-state index in [4.69, 9.17) is 11.6 Å². The van der Waals surface area contributed by atoms with Crippen molar-refractivity contribution in [2.75, 3.05) is 19.6 Å². The fourth-order valence-corrected chi connectivity index (χ4v) is 6.83. The molecule has 1 atom stereocenters. The van der Waals surface area contributed by atoms with Gasteiger partial charge in [0.05, 0.1) is 9.77 Å². The number of likely N-dealkylation sites (tertiary alicyclic amines) is 1. The predicted molar refractivity (Wildman–Crippen MR) is 131 cm³/mol. The third kappa shape index (κ3) is 4.66. The second-order valence-electron chi connectivity index (χ2n) is 8.00. The predicted octanol–water partition coefficient (Wildman–Crippen LogP) is 3.82. The standard InChI is InChI=1S/C22H22ClN3O3S2.ClH/c23-17-3-1-15-10-19(4-2-14(15)9-17)31(28,29)25-18-6-8-26(13-18)22(27)21-11-16-12-24-7-5-20(16)30-21;/h1-4,9-11,18,24-25H,5-8,12-13H2;1H/t18-;/m0./s1. The van der Waals surface area contributed by atoms with Gasteiger partial charge in [0.25, 0.3) is 5.91 Å². The molecule has 2 aliphatic heterocycles. The molecule has 0 spiro atoms. The van der Waals surface area contributed by atoms with E-state index in [1.807, 2.05) is 12.1 Å². The van der Waals surface area contributed by atoms with Crippen LogP contribution in [-0.2, 0) is 23.0 Å². The summed E-state index contributed by atoms with van der Waals surface area (Å²) in [6.45, 7) is 2.67. The largest absolute Gasteiger partial charge is 0.336 e. The topological polar surface area (TPSA) is 78.5 Å². The van der Waals surface area contributed by atoms with Gasteiger partial charge in [0, 0.05) is 42.1 Å². The van der Waals surface area contributed by atoms with Crippen molar-refractivity contribution in [1.29, 1.82) is 0 Å². The molecular weight excluding hydrogens is 489 g/mol. The van der Waals surface area contributed by atoms with Crippen molar-refractivity contribution in [3.63, 3.8) is 0 Å². The van der Waals surface area contributed by atoms with Gasteiger partial charge in [-0.1, -0.05) is 23.7 Å². The lowest BCUT2D eigenvalue weighted by atomic mass is 10.1. The lowest BCUT2D eigenvalue weighted by molar-refractivity contribution is 0.0795. The Morgan fingerprint density at radius 3 is 2.75 bits per heavy atom. The van der Waals surface area contributed by atoms with Crippen molar-refractivity contribution in [1.82, 2.24) is 14.9 Å². The second kappa shape index (κ2) is 9.29. The zero-order valence-corrected chi connectivity index (χ0v) is 20.3. The van der Waals surface area contributed by atoms with E-state index in [-0.39, 0.29) is 29.3 Å². The van der Waals surface area contributed by atoms with Gasteiger partial charge in [-0.3, -0.25) is 4.79 Å². The van der Waals surface area contributed by atoms with Gasteiger partial charge in [0.2, 0.25) is 10.0 Å². The molecule has 2 aliphatic rings. The Morgan fingerprint density at radius 2 is 1.94 bits per heavy atom. The van der Waals surface area contributed by atoms with E-state index in [1.54, 1.807) is 46.6 Å². The number of halogens is 2. The van der Waals surface area contributed by atoms with Crippen LogP contribution in [0.1, 0.15) is 26.5 Å². The molecule has 2 aromatic carbocycles. The fraction of sp³-hybridized carbons (Fsp3) is 0.318. The van der Waals surface area contributed by atoms with E-state index in [2.05, 4.69) is 10.0 Å². The monoisotopic (exact) mass is 511 g/mol. The molecule has 1 fully saturated rings. The number of thiophene rings is 1. The molecule has 32 heavy (non-hydrogen) atoms. The average Bonchev–Trinajstić information content (AvgIpc) is 3.39. The van der Waals surface area contributed by atoms with E-state index in [9.17, 15) is 13.2 Å². The Hall–Kier alpha value is -1.68. The molecule has 170 valence electrons. The maximum absolute atomic E-state index is 12.9. The maximum Gasteiger partial charge on any atom is 0.263 e. The van der Waals surface area contributed by atoms with Crippen LogP contribution in [-0.4, -0.2) is 44.9 Å². The highest BCUT2D eigenvalue weighted by molar-refractivity contribution is 7.89. The quantitative estimate of drug-likeness (QED) is 0.558. The van der Waals surface area contributed by atoms with E-state index in [1.165, 1.54) is 10.4 Å². The van der Waals surface area contributed by atoms with Crippen molar-refractivity contribution < 1.29 is 13.2 Å². The highest BCUT2D eigenvalue weighted by Crippen LogP contribution is 2.28. The number of carbonyl (C=O) groups excluding carboxylic acids is 1. The summed E-state index contributed by atoms with van der Waals surface area (Å²) in [5, 5.41) is 5.63. The number of hydrogen-bond acceptors (Lipinski definition) is 5. The summed E-state index contributed by atoms with van der Waals surface area (Å²) < 4.78 is 28.6. The third-order valence-corrected chi connectivity index (χ3v) is 8.81. The summed E-state index contributed by atoms with van der Waals surface area (Å²) >= 11 is 7.57. The third-order valence-electron chi connectivity index (χ3n) is 5.83. The lowest BCUT2D eigenvalue weighted by Gasteiger charge is -2.16. The Morgan fingerprint density at radius 1 is 1.16 bits per heavy atom. The van der Waals surface area contributed by atoms with E-state index in [0.717, 1.165) is 35.2 Å². The Bertz CT molecular complexity index is 1250. The van der Waals surface area contributed by atoms with Crippen LogP contribution < -0.4 is 10.0 Å². The first-order valence-electron chi connectivity index (χ1n) is 10.2. The van der Waals surface area contributed by atoms with E-state index in [0.29, 0.717) is 24.5 Å². The Kier molecular flexibility index (Phi) is 6.81. The molecule has 10 heteroatoms. The van der Waals surface area contributed by atoms with Gasteiger partial charge in [-0.25, -0.2) is 13.1 Å². The van der Waals surface area contributed by atoms with Crippen molar-refractivity contribution in [3.05, 3.63) is 62.8 Å². The van der Waals surface area contributed by atoms with E-state index >= 15 is 0 Å². The van der Waals surface area contributed by atoms with Gasteiger partial charge in [0.15, 0.2) is 0 Å². The molecule has 0 aliphatic carbocycles. The number of amides is 1. The first-order chi connectivity index (χ1) is 14.9. The molecule has 1 aromatic heterocycles. The van der Waals surface area contributed by atoms with Crippen LogP contribution in [0.3, 0.4) is 0 Å². The van der Waals surface area contributed by atoms with E-state index < -0.39 is 10.0 Å². The fourth-order valence-electron chi connectivity index (χ4n) is 4.20. The van der Waals surface area contributed by atoms with Crippen LogP contribution in [0.25, 0.3) is 10.8 Å². The molecule has 5 rings (SSSR count). The van der Waals surface area contributed by atoms with Crippen molar-refractivity contribution in [2.45, 2.75) is 30.3 Å². The highest BCUT2D eigenvalue weighted by atomic mass is 35.5. The molecular formula is C22H23Cl2N3O3S2. The molecule has 2 N–H and O–H groups in total. The molecule has 3 aromatic rings. The molecule has 0 radical (unpaired) electrons. The van der Waals surface area contributed by atoms with Crippen LogP contribution in [0.4, 0.5) is 0 Å². The molecule has 1 saturated heterocycles. The smallest absolute Gasteiger partial charge is 0.263 e. The highest BCUT2D eigenvalue weighted by Gasteiger charge is 2.31. The van der Waals surface area contributed by atoms with Gasteiger partial charge in [-0.15, -0.1) is 23.7 Å². The first kappa shape index (κ1) is 23.5. The van der Waals surface area contributed by atoms with Crippen molar-refractivity contribution >= 4 is 62.0 Å². The number of nitrogens with one attached hydrogen (secondary N) is 2. The van der Waals surface area contributed by atoms with Crippen LogP contribution >= 0.6 is 35.3 Å². The summed E-state index contributed by atoms with van der Waals surface area (Å²) in [7, 11) is -3.69. The zero-order chi connectivity index (χ0) is 21.6. The Balaban J connectivity index is 0.00000245. The van der Waals surface area contributed by atoms with Crippen LogP contribution in [0.2, 0.25) is 5.02 Å². The molecule has 0 bridgehead atoms. The first-order valence-corrected chi connectivity index (χ1v) is 12.9. The average molecular weight is 512 g/mol. The number of rotatable bonds is 4.